The topological polar surface area (TPSA) is 63.6 Å². The number of hydrogen-bond donors (Lipinski definition) is 1. The van der Waals surface area contributed by atoms with Gasteiger partial charge >= 0.3 is 0 Å². The summed E-state index contributed by atoms with van der Waals surface area (Å²) in [4.78, 5) is 22.5. The van der Waals surface area contributed by atoms with Crippen LogP contribution >= 0.6 is 22.6 Å². The third-order valence-corrected chi connectivity index (χ3v) is 3.17. The lowest BCUT2D eigenvalue weighted by molar-refractivity contribution is 0.791. The maximum atomic E-state index is 11.5. The zero-order valence-electron chi connectivity index (χ0n) is 8.77. The third kappa shape index (κ3) is 2.01. The van der Waals surface area contributed by atoms with Gasteiger partial charge in [-0.05, 0) is 29.0 Å². The Morgan fingerprint density at radius 1 is 1.50 bits per heavy atom. The summed E-state index contributed by atoms with van der Waals surface area (Å²) in [5, 5.41) is 0. The zero-order chi connectivity index (χ0) is 11.5. The maximum absolute atomic E-state index is 11.5. The van der Waals surface area contributed by atoms with E-state index in [2.05, 4.69) is 21.9 Å². The number of H-pyrrole nitrogens is 1. The van der Waals surface area contributed by atoms with Crippen molar-refractivity contribution in [1.82, 2.24) is 19.5 Å². The fraction of sp³-hybridized carbons (Fsp3) is 0.300. The highest BCUT2D eigenvalue weighted by molar-refractivity contribution is 14.1. The van der Waals surface area contributed by atoms with Crippen LogP contribution in [0.4, 0.5) is 0 Å². The van der Waals surface area contributed by atoms with Crippen molar-refractivity contribution in [3.63, 3.8) is 0 Å². The fourth-order valence-electron chi connectivity index (χ4n) is 1.48. The standard InChI is InChI=1S/C10H11IN4O/c1-2-3-7-12-4-5-15(7)9-8(11)10(16)14-6-13-9/h4-6H,2-3H2,1H3,(H,13,14,16). The van der Waals surface area contributed by atoms with Crippen molar-refractivity contribution in [3.8, 4) is 5.82 Å². The van der Waals surface area contributed by atoms with Crippen LogP contribution in [-0.2, 0) is 6.42 Å². The monoisotopic (exact) mass is 330 g/mol. The summed E-state index contributed by atoms with van der Waals surface area (Å²) < 4.78 is 2.44. The number of rotatable bonds is 3. The first-order chi connectivity index (χ1) is 7.74. The highest BCUT2D eigenvalue weighted by Crippen LogP contribution is 2.12. The van der Waals surface area contributed by atoms with Crippen molar-refractivity contribution in [3.05, 3.63) is 38.5 Å². The molecule has 0 saturated heterocycles. The van der Waals surface area contributed by atoms with Crippen LogP contribution in [0.1, 0.15) is 19.2 Å². The second-order valence-electron chi connectivity index (χ2n) is 3.33. The Morgan fingerprint density at radius 3 is 3.06 bits per heavy atom. The second kappa shape index (κ2) is 4.77. The minimum Gasteiger partial charge on any atom is -0.312 e. The Balaban J connectivity index is 2.54. The molecule has 2 aromatic heterocycles. The molecule has 0 aromatic carbocycles. The highest BCUT2D eigenvalue weighted by atomic mass is 127. The van der Waals surface area contributed by atoms with E-state index in [1.54, 1.807) is 6.20 Å². The first kappa shape index (κ1) is 11.3. The minimum absolute atomic E-state index is 0.123. The molecule has 84 valence electrons. The molecule has 0 radical (unpaired) electrons. The van der Waals surface area contributed by atoms with E-state index in [1.165, 1.54) is 6.33 Å². The molecule has 16 heavy (non-hydrogen) atoms. The van der Waals surface area contributed by atoms with Crippen molar-refractivity contribution in [1.29, 1.82) is 0 Å². The predicted octanol–water partition coefficient (Wildman–Crippen LogP) is 1.51. The van der Waals surface area contributed by atoms with Crippen molar-refractivity contribution < 1.29 is 0 Å². The van der Waals surface area contributed by atoms with Gasteiger partial charge in [0.05, 0.1) is 6.33 Å². The molecule has 0 spiro atoms. The van der Waals surface area contributed by atoms with E-state index < -0.39 is 0 Å². The van der Waals surface area contributed by atoms with Gasteiger partial charge in [-0.3, -0.25) is 9.36 Å². The summed E-state index contributed by atoms with van der Waals surface area (Å²) in [5.74, 6) is 1.57. The van der Waals surface area contributed by atoms with Gasteiger partial charge in [-0.2, -0.15) is 0 Å². The number of nitrogens with one attached hydrogen (secondary N) is 1. The Bertz CT molecular complexity index is 546. The van der Waals surface area contributed by atoms with Gasteiger partial charge in [0.2, 0.25) is 0 Å². The molecule has 1 N–H and O–H groups in total. The highest BCUT2D eigenvalue weighted by Gasteiger charge is 2.10. The average molecular weight is 330 g/mol. The lowest BCUT2D eigenvalue weighted by Crippen LogP contribution is -2.16. The van der Waals surface area contributed by atoms with Crippen molar-refractivity contribution in [2.45, 2.75) is 19.8 Å². The summed E-state index contributed by atoms with van der Waals surface area (Å²) in [7, 11) is 0. The molecule has 6 heteroatoms. The van der Waals surface area contributed by atoms with E-state index in [9.17, 15) is 4.79 Å². The Hall–Kier alpha value is -1.18. The van der Waals surface area contributed by atoms with Crippen LogP contribution in [0.2, 0.25) is 0 Å². The SMILES string of the molecule is CCCc1nccn1-c1nc[nH]c(=O)c1I. The molecule has 0 bridgehead atoms. The van der Waals surface area contributed by atoms with E-state index in [0.717, 1.165) is 18.7 Å². The van der Waals surface area contributed by atoms with Gasteiger partial charge in [0.25, 0.3) is 5.56 Å². The normalized spacial score (nSPS) is 10.6. The first-order valence-electron chi connectivity index (χ1n) is 4.99. The zero-order valence-corrected chi connectivity index (χ0v) is 10.9. The molecule has 0 aliphatic rings. The van der Waals surface area contributed by atoms with Crippen LogP contribution in [0.3, 0.4) is 0 Å². The Kier molecular flexibility index (Phi) is 3.37. The minimum atomic E-state index is -0.123. The van der Waals surface area contributed by atoms with Crippen LogP contribution < -0.4 is 5.56 Å². The molecule has 2 aromatic rings. The number of aromatic amines is 1. The van der Waals surface area contributed by atoms with Crippen LogP contribution in [0.15, 0.2) is 23.5 Å². The van der Waals surface area contributed by atoms with E-state index in [4.69, 9.17) is 0 Å². The van der Waals surface area contributed by atoms with Crippen LogP contribution in [0.5, 0.6) is 0 Å². The molecule has 0 atom stereocenters. The fourth-order valence-corrected chi connectivity index (χ4v) is 2.03. The lowest BCUT2D eigenvalue weighted by atomic mass is 10.3. The molecule has 2 heterocycles. The molecule has 0 fully saturated rings. The number of aromatic nitrogens is 4. The molecule has 0 unspecified atom stereocenters. The molecule has 0 amide bonds. The van der Waals surface area contributed by atoms with Gasteiger partial charge < -0.3 is 4.98 Å². The van der Waals surface area contributed by atoms with E-state index in [1.807, 2.05) is 33.4 Å². The van der Waals surface area contributed by atoms with Crippen molar-refractivity contribution in [2.75, 3.05) is 0 Å². The second-order valence-corrected chi connectivity index (χ2v) is 4.41. The summed E-state index contributed by atoms with van der Waals surface area (Å²) in [5.41, 5.74) is -0.123. The van der Waals surface area contributed by atoms with E-state index in [0.29, 0.717) is 9.39 Å². The summed E-state index contributed by atoms with van der Waals surface area (Å²) in [6.45, 7) is 2.09. The smallest absolute Gasteiger partial charge is 0.266 e. The van der Waals surface area contributed by atoms with Crippen LogP contribution in [0.25, 0.3) is 5.82 Å². The van der Waals surface area contributed by atoms with Crippen molar-refractivity contribution >= 4 is 22.6 Å². The predicted molar refractivity (Wildman–Crippen MR) is 68.7 cm³/mol. The first-order valence-corrected chi connectivity index (χ1v) is 6.07. The summed E-state index contributed by atoms with van der Waals surface area (Å²) in [6.07, 6.45) is 6.85. The Labute approximate surface area is 106 Å². The van der Waals surface area contributed by atoms with Gasteiger partial charge in [-0.25, -0.2) is 9.97 Å². The van der Waals surface area contributed by atoms with Gasteiger partial charge in [0, 0.05) is 18.8 Å². The number of aryl methyl sites for hydroxylation is 1. The number of imidazole rings is 1. The molecule has 2 rings (SSSR count). The van der Waals surface area contributed by atoms with Gasteiger partial charge in [0.15, 0.2) is 5.82 Å². The van der Waals surface area contributed by atoms with Crippen molar-refractivity contribution in [2.24, 2.45) is 0 Å². The number of halogens is 1. The quantitative estimate of drug-likeness (QED) is 0.868. The summed E-state index contributed by atoms with van der Waals surface area (Å²) in [6, 6.07) is 0. The molecular weight excluding hydrogens is 319 g/mol. The van der Waals surface area contributed by atoms with Crippen LogP contribution in [-0.4, -0.2) is 19.5 Å². The molecule has 5 nitrogen and oxygen atoms in total. The van der Waals surface area contributed by atoms with Gasteiger partial charge in [-0.1, -0.05) is 6.92 Å². The lowest BCUT2D eigenvalue weighted by Gasteiger charge is -2.06. The number of nitrogens with zero attached hydrogens (tertiary/aromatic N) is 3. The van der Waals surface area contributed by atoms with E-state index >= 15 is 0 Å². The van der Waals surface area contributed by atoms with Gasteiger partial charge in [-0.15, -0.1) is 0 Å². The Morgan fingerprint density at radius 2 is 2.31 bits per heavy atom. The molecule has 0 saturated carbocycles. The molecule has 0 aliphatic heterocycles. The number of hydrogen-bond acceptors (Lipinski definition) is 3. The maximum Gasteiger partial charge on any atom is 0.266 e. The summed E-state index contributed by atoms with van der Waals surface area (Å²) >= 11 is 2.00. The molecular formula is C10H11IN4O. The van der Waals surface area contributed by atoms with Crippen LogP contribution in [0, 0.1) is 3.57 Å². The third-order valence-electron chi connectivity index (χ3n) is 2.20. The molecule has 0 aliphatic carbocycles. The van der Waals surface area contributed by atoms with E-state index in [-0.39, 0.29) is 5.56 Å². The average Bonchev–Trinajstić information content (AvgIpc) is 2.71. The largest absolute Gasteiger partial charge is 0.312 e. The van der Waals surface area contributed by atoms with Gasteiger partial charge in [0.1, 0.15) is 9.39 Å².